The third-order valence-corrected chi connectivity index (χ3v) is 24.3. The zero-order chi connectivity index (χ0) is 21.9. The van der Waals surface area contributed by atoms with E-state index in [0.29, 0.717) is 11.8 Å². The fourth-order valence-corrected chi connectivity index (χ4v) is 25.4. The monoisotopic (exact) mass is 560 g/mol. The number of fused-ring (bicyclic) bond motifs is 2. The van der Waals surface area contributed by atoms with Crippen LogP contribution in [-0.4, -0.2) is 0 Å². The number of halogens is 2. The zero-order valence-electron chi connectivity index (χ0n) is 21.1. The predicted molar refractivity (Wildman–Crippen MR) is 147 cm³/mol. The van der Waals surface area contributed by atoms with E-state index in [-0.39, 0.29) is 24.8 Å². The molecule has 3 aliphatic rings. The minimum absolute atomic E-state index is 0. The van der Waals surface area contributed by atoms with E-state index >= 15 is 0 Å². The van der Waals surface area contributed by atoms with Crippen molar-refractivity contribution >= 4 is 37.0 Å². The molecule has 1 fully saturated rings. The molecule has 33 heavy (non-hydrogen) atoms. The van der Waals surface area contributed by atoms with Gasteiger partial charge in [0.2, 0.25) is 0 Å². The zero-order valence-corrected chi connectivity index (χ0v) is 25.2. The molecule has 3 heteroatoms. The van der Waals surface area contributed by atoms with Crippen molar-refractivity contribution in [2.75, 3.05) is 0 Å². The van der Waals surface area contributed by atoms with E-state index in [1.807, 2.05) is 0 Å². The summed E-state index contributed by atoms with van der Waals surface area (Å²) in [6.07, 6.45) is 8.10. The molecule has 178 valence electrons. The first-order chi connectivity index (χ1) is 14.8. The van der Waals surface area contributed by atoms with Gasteiger partial charge in [0.15, 0.2) is 0 Å². The second kappa shape index (κ2) is 10.2. The molecule has 0 bridgehead atoms. The third-order valence-electron chi connectivity index (χ3n) is 8.55. The van der Waals surface area contributed by atoms with Gasteiger partial charge in [0.25, 0.3) is 0 Å². The first-order valence-corrected chi connectivity index (χ1v) is 18.8. The van der Waals surface area contributed by atoms with E-state index in [2.05, 4.69) is 90.1 Å². The Bertz CT molecular complexity index is 1000. The van der Waals surface area contributed by atoms with Gasteiger partial charge >= 0.3 is 195 Å². The molecule has 2 aromatic carbocycles. The van der Waals surface area contributed by atoms with Gasteiger partial charge < -0.3 is 0 Å². The van der Waals surface area contributed by atoms with E-state index < -0.39 is 20.3 Å². The molecule has 2 atom stereocenters. The minimum Gasteiger partial charge on any atom is -0.147 e. The van der Waals surface area contributed by atoms with Crippen LogP contribution in [0.3, 0.4) is 0 Å². The van der Waals surface area contributed by atoms with Crippen LogP contribution >= 0.6 is 24.8 Å². The van der Waals surface area contributed by atoms with Crippen LogP contribution in [0.25, 0.3) is 12.2 Å². The maximum Gasteiger partial charge on any atom is -0.147 e. The molecule has 0 aromatic heterocycles. The summed E-state index contributed by atoms with van der Waals surface area (Å²) in [5.74, 6) is 1.19. The van der Waals surface area contributed by atoms with Gasteiger partial charge in [-0.1, -0.05) is 0 Å². The number of rotatable bonds is 4. The topological polar surface area (TPSA) is 0 Å². The third kappa shape index (κ3) is 4.19. The molecule has 0 amide bonds. The Hall–Kier alpha value is -0.617. The van der Waals surface area contributed by atoms with Crippen LogP contribution in [0.15, 0.2) is 47.5 Å². The van der Waals surface area contributed by atoms with Gasteiger partial charge in [-0.2, -0.15) is 0 Å². The largest absolute Gasteiger partial charge is 0.147 e. The summed E-state index contributed by atoms with van der Waals surface area (Å²) >= 11 is -2.65. The van der Waals surface area contributed by atoms with Crippen molar-refractivity contribution in [2.24, 2.45) is 0 Å². The summed E-state index contributed by atoms with van der Waals surface area (Å²) in [5, 5.41) is 0. The summed E-state index contributed by atoms with van der Waals surface area (Å²) in [6, 6.07) is 14.4. The van der Waals surface area contributed by atoms with E-state index in [1.165, 1.54) is 12.8 Å². The number of hydrogen-bond acceptors (Lipinski definition) is 0. The minimum atomic E-state index is -2.65. The average Bonchev–Trinajstić information content (AvgIpc) is 3.41. The van der Waals surface area contributed by atoms with Crippen LogP contribution < -0.4 is 0 Å². The molecule has 0 N–H and O–H groups in total. The molecule has 1 saturated heterocycles. The van der Waals surface area contributed by atoms with Crippen LogP contribution in [-0.2, 0) is 20.3 Å². The van der Waals surface area contributed by atoms with E-state index in [0.717, 1.165) is 7.25 Å². The molecule has 2 aliphatic carbocycles. The van der Waals surface area contributed by atoms with Crippen molar-refractivity contribution in [2.45, 2.75) is 81.7 Å². The molecule has 1 aliphatic heterocycles. The van der Waals surface area contributed by atoms with E-state index in [1.54, 1.807) is 52.8 Å². The fraction of sp³-hybridized carbons (Fsp3) is 0.467. The van der Waals surface area contributed by atoms with Crippen LogP contribution in [0, 0.1) is 0 Å². The number of benzene rings is 2. The fourth-order valence-electron chi connectivity index (χ4n) is 7.46. The standard InChI is InChI=1S/2C13H15.C4H8.2ClH.Zr/c2*1-9(2)12-6-4-5-11-7-10(3)8-13(11)12;1-3-4-2;;;/h2*4-9H,1-3H3;1-4H2;2*1H;. The normalized spacial score (nSPS) is 22.4. The Labute approximate surface area is 218 Å². The van der Waals surface area contributed by atoms with Gasteiger partial charge in [-0.25, -0.2) is 0 Å². The Kier molecular flexibility index (Phi) is 8.31. The maximum absolute atomic E-state index is 2.65. The van der Waals surface area contributed by atoms with E-state index in [4.69, 9.17) is 0 Å². The predicted octanol–water partition coefficient (Wildman–Crippen LogP) is 10.2. The quantitative estimate of drug-likeness (QED) is 0.348. The Morgan fingerprint density at radius 3 is 1.42 bits per heavy atom. The van der Waals surface area contributed by atoms with Crippen molar-refractivity contribution in [3.63, 3.8) is 0 Å². The molecular formula is C30H40Cl2Zr. The van der Waals surface area contributed by atoms with Crippen molar-refractivity contribution in [1.29, 1.82) is 0 Å². The number of hydrogen-bond donors (Lipinski definition) is 0. The first-order valence-electron chi connectivity index (χ1n) is 12.5. The maximum atomic E-state index is 2.59. The van der Waals surface area contributed by atoms with E-state index in [9.17, 15) is 0 Å². The van der Waals surface area contributed by atoms with Crippen LogP contribution in [0.2, 0.25) is 8.26 Å². The summed E-state index contributed by atoms with van der Waals surface area (Å²) < 4.78 is 4.62. The summed E-state index contributed by atoms with van der Waals surface area (Å²) in [6.45, 7) is 14.3. The molecule has 2 aromatic rings. The van der Waals surface area contributed by atoms with Gasteiger partial charge in [-0.3, -0.25) is 0 Å². The molecule has 0 nitrogen and oxygen atoms in total. The van der Waals surface area contributed by atoms with Crippen molar-refractivity contribution in [3.8, 4) is 0 Å². The van der Waals surface area contributed by atoms with Gasteiger partial charge in [-0.15, -0.1) is 24.8 Å². The van der Waals surface area contributed by atoms with Crippen molar-refractivity contribution in [3.05, 3.63) is 80.9 Å². The molecule has 0 spiro atoms. The van der Waals surface area contributed by atoms with Crippen LogP contribution in [0.4, 0.5) is 0 Å². The molecule has 0 saturated carbocycles. The molecular weight excluding hydrogens is 522 g/mol. The molecule has 1 heterocycles. The average molecular weight is 563 g/mol. The van der Waals surface area contributed by atoms with Crippen LogP contribution in [0.5, 0.6) is 0 Å². The Morgan fingerprint density at radius 2 is 1.06 bits per heavy atom. The first kappa shape index (κ1) is 27.0. The van der Waals surface area contributed by atoms with Gasteiger partial charge in [0.05, 0.1) is 0 Å². The van der Waals surface area contributed by atoms with Crippen molar-refractivity contribution < 1.29 is 20.3 Å². The second-order valence-corrected chi connectivity index (χ2v) is 22.5. The van der Waals surface area contributed by atoms with Gasteiger partial charge in [-0.05, 0) is 0 Å². The van der Waals surface area contributed by atoms with Crippen molar-refractivity contribution in [1.82, 2.24) is 0 Å². The number of allylic oxidation sites excluding steroid dienone is 2. The van der Waals surface area contributed by atoms with Gasteiger partial charge in [0, 0.05) is 0 Å². The van der Waals surface area contributed by atoms with Gasteiger partial charge in [0.1, 0.15) is 0 Å². The Balaban J connectivity index is 0.00000153. The smallest absolute Gasteiger partial charge is 0.147 e. The Morgan fingerprint density at radius 1 is 0.667 bits per heavy atom. The summed E-state index contributed by atoms with van der Waals surface area (Å²) in [5.41, 5.74) is 13.0. The molecule has 5 rings (SSSR count). The second-order valence-electron chi connectivity index (χ2n) is 11.1. The SMILES string of the molecule is CC1=Cc2c(C(C)C)cccc2[CH]1[Zr]1([CH]2C(C)=Cc3c(C(C)C)cccc32)[CH2]CC[CH2]1.Cl.Cl. The van der Waals surface area contributed by atoms with Crippen LogP contribution in [0.1, 0.15) is 107 Å². The molecule has 0 radical (unpaired) electrons. The molecule has 2 unspecified atom stereocenters. The summed E-state index contributed by atoms with van der Waals surface area (Å²) in [7, 11) is 0. The summed E-state index contributed by atoms with van der Waals surface area (Å²) in [4.78, 5) is 0.